The number of nitrogens with zero attached hydrogens (tertiary/aromatic N) is 1. The van der Waals surface area contributed by atoms with Crippen molar-refractivity contribution in [3.63, 3.8) is 0 Å². The van der Waals surface area contributed by atoms with Gasteiger partial charge in [-0.2, -0.15) is 0 Å². The summed E-state index contributed by atoms with van der Waals surface area (Å²) in [6, 6.07) is 2.29. The Morgan fingerprint density at radius 2 is 2.17 bits per heavy atom. The number of rotatable bonds is 5. The molecule has 1 rings (SSSR count). The average molecular weight is 368 g/mol. The van der Waals surface area contributed by atoms with E-state index in [4.69, 9.17) is 5.11 Å². The topological polar surface area (TPSA) is 75.4 Å². The standard InChI is InChI=1S/C11H14FIN2O3/c1-11(2,6-16)5-14-9-3-7(12)8(13)4-10(9)15(17)18/h3-4,14,16H,5-6H2,1-2H3. The van der Waals surface area contributed by atoms with Gasteiger partial charge < -0.3 is 10.4 Å². The quantitative estimate of drug-likeness (QED) is 0.476. The highest BCUT2D eigenvalue weighted by Crippen LogP contribution is 2.29. The maximum atomic E-state index is 13.4. The number of aliphatic hydroxyl groups is 1. The van der Waals surface area contributed by atoms with E-state index in [1.54, 1.807) is 36.4 Å². The smallest absolute Gasteiger partial charge is 0.293 e. The first-order valence-electron chi connectivity index (χ1n) is 5.25. The van der Waals surface area contributed by atoms with Crippen LogP contribution in [-0.2, 0) is 0 Å². The van der Waals surface area contributed by atoms with Gasteiger partial charge in [0.05, 0.1) is 8.49 Å². The van der Waals surface area contributed by atoms with E-state index in [9.17, 15) is 14.5 Å². The second-order valence-electron chi connectivity index (χ2n) is 4.72. The van der Waals surface area contributed by atoms with Crippen LogP contribution in [-0.4, -0.2) is 23.2 Å². The van der Waals surface area contributed by atoms with Crippen molar-refractivity contribution in [3.8, 4) is 0 Å². The lowest BCUT2D eigenvalue weighted by Gasteiger charge is -2.22. The third kappa shape index (κ3) is 3.77. The molecule has 0 atom stereocenters. The molecule has 0 aliphatic rings. The molecule has 0 radical (unpaired) electrons. The summed E-state index contributed by atoms with van der Waals surface area (Å²) in [5.41, 5.74) is -0.484. The number of nitro groups is 1. The Kier molecular flexibility index (Phi) is 4.85. The maximum Gasteiger partial charge on any atom is 0.293 e. The van der Waals surface area contributed by atoms with E-state index in [0.29, 0.717) is 6.54 Å². The Balaban J connectivity index is 3.01. The predicted octanol–water partition coefficient (Wildman–Crippen LogP) is 2.77. The molecule has 100 valence electrons. The lowest BCUT2D eigenvalue weighted by molar-refractivity contribution is -0.384. The van der Waals surface area contributed by atoms with Gasteiger partial charge in [0.1, 0.15) is 11.5 Å². The number of halogens is 2. The summed E-state index contributed by atoms with van der Waals surface area (Å²) in [7, 11) is 0. The van der Waals surface area contributed by atoms with Crippen molar-refractivity contribution < 1.29 is 14.4 Å². The van der Waals surface area contributed by atoms with Crippen LogP contribution in [0.15, 0.2) is 12.1 Å². The molecule has 7 heteroatoms. The highest BCUT2D eigenvalue weighted by atomic mass is 127. The minimum absolute atomic E-state index is 0.0688. The van der Waals surface area contributed by atoms with Crippen molar-refractivity contribution in [3.05, 3.63) is 31.6 Å². The molecule has 5 nitrogen and oxygen atoms in total. The van der Waals surface area contributed by atoms with Gasteiger partial charge in [-0.1, -0.05) is 13.8 Å². The van der Waals surface area contributed by atoms with Gasteiger partial charge >= 0.3 is 0 Å². The Morgan fingerprint density at radius 3 is 2.67 bits per heavy atom. The molecule has 0 aromatic heterocycles. The Morgan fingerprint density at radius 1 is 1.56 bits per heavy atom. The molecule has 0 heterocycles. The number of hydrogen-bond donors (Lipinski definition) is 2. The van der Waals surface area contributed by atoms with E-state index in [1.165, 1.54) is 6.07 Å². The molecule has 0 aliphatic carbocycles. The van der Waals surface area contributed by atoms with E-state index in [-0.39, 0.29) is 21.6 Å². The number of aliphatic hydroxyl groups excluding tert-OH is 1. The van der Waals surface area contributed by atoms with Crippen LogP contribution >= 0.6 is 22.6 Å². The largest absolute Gasteiger partial charge is 0.396 e. The molecule has 0 unspecified atom stereocenters. The Bertz CT molecular complexity index is 466. The molecule has 0 amide bonds. The summed E-state index contributed by atoms with van der Waals surface area (Å²) in [4.78, 5) is 10.3. The Labute approximate surface area is 118 Å². The van der Waals surface area contributed by atoms with Gasteiger partial charge in [0.15, 0.2) is 0 Å². The summed E-state index contributed by atoms with van der Waals surface area (Å²) < 4.78 is 13.6. The molecule has 0 aliphatic heterocycles. The van der Waals surface area contributed by atoms with Gasteiger partial charge in [-0.15, -0.1) is 0 Å². The maximum absolute atomic E-state index is 13.4. The van der Waals surface area contributed by atoms with Gasteiger partial charge in [-0.05, 0) is 22.6 Å². The summed E-state index contributed by atoms with van der Waals surface area (Å²) in [6.45, 7) is 3.84. The number of nitro benzene ring substituents is 1. The first kappa shape index (κ1) is 15.1. The van der Waals surface area contributed by atoms with E-state index < -0.39 is 16.2 Å². The van der Waals surface area contributed by atoms with Crippen LogP contribution in [0.4, 0.5) is 15.8 Å². The second-order valence-corrected chi connectivity index (χ2v) is 5.88. The molecule has 0 fully saturated rings. The molecule has 1 aromatic carbocycles. The minimum Gasteiger partial charge on any atom is -0.396 e. The first-order valence-corrected chi connectivity index (χ1v) is 6.33. The highest BCUT2D eigenvalue weighted by Gasteiger charge is 2.21. The van der Waals surface area contributed by atoms with Crippen LogP contribution in [0.25, 0.3) is 0 Å². The van der Waals surface area contributed by atoms with Crippen molar-refractivity contribution >= 4 is 34.0 Å². The molecule has 0 saturated heterocycles. The zero-order chi connectivity index (χ0) is 13.9. The molecule has 18 heavy (non-hydrogen) atoms. The van der Waals surface area contributed by atoms with E-state index in [2.05, 4.69) is 5.32 Å². The van der Waals surface area contributed by atoms with Crippen LogP contribution in [0.1, 0.15) is 13.8 Å². The van der Waals surface area contributed by atoms with Gasteiger partial charge in [0.2, 0.25) is 0 Å². The summed E-state index contributed by atoms with van der Waals surface area (Å²) in [5.74, 6) is -0.509. The van der Waals surface area contributed by atoms with E-state index >= 15 is 0 Å². The van der Waals surface area contributed by atoms with Crippen molar-refractivity contribution in [2.75, 3.05) is 18.5 Å². The average Bonchev–Trinajstić information content (AvgIpc) is 2.30. The van der Waals surface area contributed by atoms with Crippen LogP contribution in [0.3, 0.4) is 0 Å². The van der Waals surface area contributed by atoms with Gasteiger partial charge in [-0.25, -0.2) is 4.39 Å². The Hall–Kier alpha value is -0.960. The van der Waals surface area contributed by atoms with Crippen LogP contribution < -0.4 is 5.32 Å². The van der Waals surface area contributed by atoms with Crippen molar-refractivity contribution in [2.24, 2.45) is 5.41 Å². The fourth-order valence-corrected chi connectivity index (χ4v) is 1.67. The molecule has 1 aromatic rings. The summed E-state index contributed by atoms with van der Waals surface area (Å²) in [6.07, 6.45) is 0. The fraction of sp³-hybridized carbons (Fsp3) is 0.455. The number of anilines is 1. The summed E-state index contributed by atoms with van der Waals surface area (Å²) in [5, 5.41) is 22.8. The van der Waals surface area contributed by atoms with Crippen LogP contribution in [0.5, 0.6) is 0 Å². The fourth-order valence-electron chi connectivity index (χ4n) is 1.22. The van der Waals surface area contributed by atoms with Gasteiger partial charge in [0, 0.05) is 30.7 Å². The van der Waals surface area contributed by atoms with Crippen molar-refractivity contribution in [2.45, 2.75) is 13.8 Å². The third-order valence-electron chi connectivity index (χ3n) is 2.42. The third-order valence-corrected chi connectivity index (χ3v) is 3.25. The van der Waals surface area contributed by atoms with Gasteiger partial charge in [-0.3, -0.25) is 10.1 Å². The van der Waals surface area contributed by atoms with Gasteiger partial charge in [0.25, 0.3) is 5.69 Å². The zero-order valence-electron chi connectivity index (χ0n) is 10.0. The number of nitrogens with one attached hydrogen (secondary N) is 1. The number of hydrogen-bond acceptors (Lipinski definition) is 4. The second kappa shape index (κ2) is 5.79. The highest BCUT2D eigenvalue weighted by molar-refractivity contribution is 14.1. The SMILES string of the molecule is CC(C)(CO)CNc1cc(F)c(I)cc1[N+](=O)[O-]. The van der Waals surface area contributed by atoms with E-state index in [1.807, 2.05) is 0 Å². The van der Waals surface area contributed by atoms with Crippen molar-refractivity contribution in [1.82, 2.24) is 0 Å². The molecule has 2 N–H and O–H groups in total. The predicted molar refractivity (Wildman–Crippen MR) is 75.1 cm³/mol. The normalized spacial score (nSPS) is 11.4. The zero-order valence-corrected chi connectivity index (χ0v) is 12.2. The first-order chi connectivity index (χ1) is 8.26. The van der Waals surface area contributed by atoms with Crippen molar-refractivity contribution in [1.29, 1.82) is 0 Å². The summed E-state index contributed by atoms with van der Waals surface area (Å²) >= 11 is 1.70. The molecule has 0 bridgehead atoms. The molecular formula is C11H14FIN2O3. The lowest BCUT2D eigenvalue weighted by atomic mass is 9.95. The van der Waals surface area contributed by atoms with Crippen LogP contribution in [0.2, 0.25) is 0 Å². The molecular weight excluding hydrogens is 354 g/mol. The van der Waals surface area contributed by atoms with Crippen LogP contribution in [0, 0.1) is 24.9 Å². The lowest BCUT2D eigenvalue weighted by Crippen LogP contribution is -2.27. The monoisotopic (exact) mass is 368 g/mol. The number of benzene rings is 1. The van der Waals surface area contributed by atoms with E-state index in [0.717, 1.165) is 6.07 Å². The molecule has 0 spiro atoms. The molecule has 0 saturated carbocycles. The minimum atomic E-state index is -0.560.